The smallest absolute Gasteiger partial charge is 0.512 e. The van der Waals surface area contributed by atoms with Crippen molar-refractivity contribution in [3.05, 3.63) is 23.2 Å². The maximum Gasteiger partial charge on any atom is 0.707 e. The van der Waals surface area contributed by atoms with Crippen LogP contribution in [0.25, 0.3) is 0 Å². The standard InChI is InChI=1S/C6H6BClO4/c8-4-1-5(9)3-6(2-4)12-7(10)11/h1-3,9-11H. The van der Waals surface area contributed by atoms with Crippen LogP contribution in [-0.4, -0.2) is 22.5 Å². The summed E-state index contributed by atoms with van der Waals surface area (Å²) in [7, 11) is -1.91. The average Bonchev–Trinajstić information content (AvgIpc) is 1.81. The zero-order valence-electron chi connectivity index (χ0n) is 5.94. The first-order valence-electron chi connectivity index (χ1n) is 3.10. The summed E-state index contributed by atoms with van der Waals surface area (Å²) in [6, 6.07) is 3.87. The van der Waals surface area contributed by atoms with Crippen molar-refractivity contribution in [2.75, 3.05) is 0 Å². The normalized spacial score (nSPS) is 9.58. The summed E-state index contributed by atoms with van der Waals surface area (Å²) < 4.78 is 4.44. The molecule has 0 amide bonds. The Hall–Kier alpha value is -0.905. The molecule has 6 heteroatoms. The van der Waals surface area contributed by atoms with Crippen molar-refractivity contribution < 1.29 is 19.8 Å². The average molecular weight is 188 g/mol. The molecule has 64 valence electrons. The SMILES string of the molecule is OB(O)Oc1cc(O)cc(Cl)c1. The van der Waals surface area contributed by atoms with Crippen LogP contribution in [0, 0.1) is 0 Å². The molecule has 0 saturated heterocycles. The van der Waals surface area contributed by atoms with Gasteiger partial charge >= 0.3 is 7.32 Å². The van der Waals surface area contributed by atoms with Gasteiger partial charge in [-0.15, -0.1) is 0 Å². The molecule has 0 heterocycles. The summed E-state index contributed by atoms with van der Waals surface area (Å²) in [4.78, 5) is 0. The van der Waals surface area contributed by atoms with Gasteiger partial charge in [-0.2, -0.15) is 0 Å². The maximum absolute atomic E-state index is 8.98. The molecular formula is C6H6BClO4. The lowest BCUT2D eigenvalue weighted by molar-refractivity contribution is 0.287. The third-order valence-electron chi connectivity index (χ3n) is 1.10. The lowest BCUT2D eigenvalue weighted by atomic mass is 10.2. The van der Waals surface area contributed by atoms with Gasteiger partial charge in [0.25, 0.3) is 0 Å². The molecule has 0 radical (unpaired) electrons. The summed E-state index contributed by atoms with van der Waals surface area (Å²) in [5.41, 5.74) is 0. The second-order valence-electron chi connectivity index (χ2n) is 2.09. The zero-order valence-corrected chi connectivity index (χ0v) is 6.69. The number of phenols is 1. The summed E-state index contributed by atoms with van der Waals surface area (Å²) in [5.74, 6) is -0.00634. The topological polar surface area (TPSA) is 69.9 Å². The fourth-order valence-electron chi connectivity index (χ4n) is 0.738. The van der Waals surface area contributed by atoms with Crippen molar-refractivity contribution in [2.45, 2.75) is 0 Å². The molecule has 0 aliphatic heterocycles. The molecule has 0 atom stereocenters. The first-order chi connectivity index (χ1) is 5.58. The van der Waals surface area contributed by atoms with E-state index in [4.69, 9.17) is 26.8 Å². The Morgan fingerprint density at radius 2 is 1.92 bits per heavy atom. The van der Waals surface area contributed by atoms with E-state index in [0.29, 0.717) is 0 Å². The highest BCUT2D eigenvalue weighted by Gasteiger charge is 2.11. The molecule has 4 nitrogen and oxygen atoms in total. The van der Waals surface area contributed by atoms with Crippen LogP contribution >= 0.6 is 11.6 Å². The molecule has 0 fully saturated rings. The highest BCUT2D eigenvalue weighted by Crippen LogP contribution is 2.24. The van der Waals surface area contributed by atoms with E-state index >= 15 is 0 Å². The molecule has 1 rings (SSSR count). The van der Waals surface area contributed by atoms with Crippen LogP contribution in [0.3, 0.4) is 0 Å². The monoisotopic (exact) mass is 188 g/mol. The van der Waals surface area contributed by atoms with Gasteiger partial charge in [0, 0.05) is 11.1 Å². The fourth-order valence-corrected chi connectivity index (χ4v) is 0.957. The summed E-state index contributed by atoms with van der Waals surface area (Å²) in [5, 5.41) is 26.0. The van der Waals surface area contributed by atoms with Crippen molar-refractivity contribution in [2.24, 2.45) is 0 Å². The van der Waals surface area contributed by atoms with Crippen molar-refractivity contribution >= 4 is 18.9 Å². The number of benzene rings is 1. The molecule has 0 spiro atoms. The Balaban J connectivity index is 2.85. The molecule has 0 aliphatic rings. The quantitative estimate of drug-likeness (QED) is 0.587. The van der Waals surface area contributed by atoms with Gasteiger partial charge in [0.1, 0.15) is 11.5 Å². The molecular weight excluding hydrogens is 182 g/mol. The number of hydrogen-bond donors (Lipinski definition) is 3. The highest BCUT2D eigenvalue weighted by atomic mass is 35.5. The fraction of sp³-hybridized carbons (Fsp3) is 0. The second kappa shape index (κ2) is 3.66. The Labute approximate surface area is 74.2 Å². The predicted molar refractivity (Wildman–Crippen MR) is 43.9 cm³/mol. The molecule has 0 aliphatic carbocycles. The molecule has 0 bridgehead atoms. The number of hydrogen-bond acceptors (Lipinski definition) is 4. The minimum absolute atomic E-state index is 0.0926. The Bertz CT molecular complexity index is 258. The lowest BCUT2D eigenvalue weighted by Gasteiger charge is -2.04. The molecule has 0 aromatic heterocycles. The van der Waals surface area contributed by atoms with Crippen LogP contribution in [0.5, 0.6) is 11.5 Å². The summed E-state index contributed by atoms with van der Waals surface area (Å²) in [6.45, 7) is 0. The van der Waals surface area contributed by atoms with Gasteiger partial charge in [-0.3, -0.25) is 0 Å². The van der Waals surface area contributed by atoms with Crippen molar-refractivity contribution in [3.63, 3.8) is 0 Å². The van der Waals surface area contributed by atoms with Crippen LogP contribution in [-0.2, 0) is 0 Å². The van der Waals surface area contributed by atoms with Gasteiger partial charge in [-0.05, 0) is 12.1 Å². The number of rotatable bonds is 2. The van der Waals surface area contributed by atoms with Crippen LogP contribution in [0.4, 0.5) is 0 Å². The second-order valence-corrected chi connectivity index (χ2v) is 2.53. The molecule has 12 heavy (non-hydrogen) atoms. The van der Waals surface area contributed by atoms with E-state index in [2.05, 4.69) is 4.65 Å². The number of halogens is 1. The first kappa shape index (κ1) is 9.19. The predicted octanol–water partition coefficient (Wildman–Crippen LogP) is 0.394. The molecule has 0 unspecified atom stereocenters. The summed E-state index contributed by atoms with van der Waals surface area (Å²) >= 11 is 5.53. The van der Waals surface area contributed by atoms with Gasteiger partial charge in [-0.25, -0.2) is 0 Å². The van der Waals surface area contributed by atoms with Crippen molar-refractivity contribution in [1.29, 1.82) is 0 Å². The lowest BCUT2D eigenvalue weighted by Crippen LogP contribution is -2.20. The van der Waals surface area contributed by atoms with Gasteiger partial charge < -0.3 is 19.8 Å². The van der Waals surface area contributed by atoms with E-state index < -0.39 is 7.32 Å². The third kappa shape index (κ3) is 2.62. The van der Waals surface area contributed by atoms with Crippen LogP contribution < -0.4 is 4.65 Å². The zero-order chi connectivity index (χ0) is 9.14. The Morgan fingerprint density at radius 3 is 2.42 bits per heavy atom. The molecule has 1 aromatic carbocycles. The van der Waals surface area contributed by atoms with Gasteiger partial charge in [-0.1, -0.05) is 11.6 Å². The number of aromatic hydroxyl groups is 1. The van der Waals surface area contributed by atoms with Crippen LogP contribution in [0.15, 0.2) is 18.2 Å². The van der Waals surface area contributed by atoms with E-state index in [1.165, 1.54) is 18.2 Å². The van der Waals surface area contributed by atoms with E-state index in [0.717, 1.165) is 0 Å². The van der Waals surface area contributed by atoms with Crippen LogP contribution in [0.2, 0.25) is 5.02 Å². The highest BCUT2D eigenvalue weighted by molar-refractivity contribution is 6.34. The Kier molecular flexibility index (Phi) is 2.81. The van der Waals surface area contributed by atoms with E-state index in [-0.39, 0.29) is 16.5 Å². The minimum Gasteiger partial charge on any atom is -0.512 e. The van der Waals surface area contributed by atoms with E-state index in [1.54, 1.807) is 0 Å². The largest absolute Gasteiger partial charge is 0.707 e. The van der Waals surface area contributed by atoms with Crippen LogP contribution in [0.1, 0.15) is 0 Å². The minimum atomic E-state index is -1.91. The van der Waals surface area contributed by atoms with Crippen molar-refractivity contribution in [1.82, 2.24) is 0 Å². The van der Waals surface area contributed by atoms with E-state index in [1.807, 2.05) is 0 Å². The summed E-state index contributed by atoms with van der Waals surface area (Å²) in [6.07, 6.45) is 0. The first-order valence-corrected chi connectivity index (χ1v) is 3.48. The van der Waals surface area contributed by atoms with Gasteiger partial charge in [0.05, 0.1) is 0 Å². The maximum atomic E-state index is 8.98. The van der Waals surface area contributed by atoms with Gasteiger partial charge in [0.2, 0.25) is 0 Å². The van der Waals surface area contributed by atoms with Crippen molar-refractivity contribution in [3.8, 4) is 11.5 Å². The number of phenolic OH excluding ortho intramolecular Hbond substituents is 1. The van der Waals surface area contributed by atoms with Gasteiger partial charge in [0.15, 0.2) is 0 Å². The Morgan fingerprint density at radius 1 is 1.25 bits per heavy atom. The molecule has 0 saturated carbocycles. The molecule has 3 N–H and O–H groups in total. The molecule has 1 aromatic rings. The third-order valence-corrected chi connectivity index (χ3v) is 1.32. The van der Waals surface area contributed by atoms with E-state index in [9.17, 15) is 0 Å².